The molecule has 0 saturated carbocycles. The molecule has 5 heterocycles. The number of carbonyl (C=O) groups excluding carboxylic acids is 2. The maximum atomic E-state index is 15.2. The van der Waals surface area contributed by atoms with Crippen LogP contribution in [0.25, 0.3) is 11.3 Å². The van der Waals surface area contributed by atoms with E-state index in [4.69, 9.17) is 14.2 Å². The van der Waals surface area contributed by atoms with Crippen molar-refractivity contribution >= 4 is 30.9 Å². The Morgan fingerprint density at radius 1 is 0.883 bits per heavy atom. The summed E-state index contributed by atoms with van der Waals surface area (Å²) in [6, 6.07) is 21.1. The molecule has 0 radical (unpaired) electrons. The summed E-state index contributed by atoms with van der Waals surface area (Å²) in [6.07, 6.45) is 4.15. The number of hydrogen-bond donors (Lipinski definition) is 1. The van der Waals surface area contributed by atoms with Crippen LogP contribution in [0, 0.1) is 6.92 Å². The van der Waals surface area contributed by atoms with Gasteiger partial charge in [0.1, 0.15) is 13.2 Å². The number of hydrogen-bond acceptors (Lipinski definition) is 8. The van der Waals surface area contributed by atoms with E-state index in [-0.39, 0.29) is 24.4 Å². The summed E-state index contributed by atoms with van der Waals surface area (Å²) < 4.78 is 36.9. The first kappa shape index (κ1) is 41.5. The monoisotopic (exact) mass is 836 g/mol. The van der Waals surface area contributed by atoms with Crippen LogP contribution in [-0.2, 0) is 42.9 Å². The number of nitrogens with zero attached hydrogens (tertiary/aromatic N) is 8. The number of anilines is 2. The second-order valence-electron chi connectivity index (χ2n) is 16.0. The maximum absolute atomic E-state index is 15.2. The van der Waals surface area contributed by atoms with E-state index < -0.39 is 7.67 Å². The van der Waals surface area contributed by atoms with Crippen LogP contribution in [0.1, 0.15) is 43.1 Å². The van der Waals surface area contributed by atoms with Gasteiger partial charge in [-0.05, 0) is 81.5 Å². The van der Waals surface area contributed by atoms with Gasteiger partial charge in [0.2, 0.25) is 0 Å². The second kappa shape index (κ2) is 17.0. The zero-order valence-electron chi connectivity index (χ0n) is 35.1. The molecule has 5 aromatic rings. The summed E-state index contributed by atoms with van der Waals surface area (Å²) >= 11 is 0. The zero-order chi connectivity index (χ0) is 42.3. The van der Waals surface area contributed by atoms with Gasteiger partial charge in [0.25, 0.3) is 11.8 Å². The molecule has 3 aliphatic rings. The highest BCUT2D eigenvalue weighted by molar-refractivity contribution is 7.52. The molecule has 1 N–H and O–H groups in total. The molecule has 1 fully saturated rings. The number of carbonyl (C=O) groups is 2. The number of ether oxygens (including phenoxy) is 3. The van der Waals surface area contributed by atoms with Crippen LogP contribution < -0.4 is 14.4 Å². The molecule has 1 saturated heterocycles. The van der Waals surface area contributed by atoms with Crippen LogP contribution in [0.2, 0.25) is 0 Å². The normalized spacial score (nSPS) is 17.8. The summed E-state index contributed by atoms with van der Waals surface area (Å²) in [5, 5.41) is 4.38. The number of morpholine rings is 1. The van der Waals surface area contributed by atoms with E-state index in [2.05, 4.69) is 28.2 Å². The third-order valence-electron chi connectivity index (χ3n) is 11.9. The van der Waals surface area contributed by atoms with Crippen molar-refractivity contribution < 1.29 is 33.3 Å². The van der Waals surface area contributed by atoms with Crippen molar-refractivity contribution in [3.05, 3.63) is 113 Å². The molecular formula is C44H53N8O7P. The predicted octanol–water partition coefficient (Wildman–Crippen LogP) is 5.48. The molecule has 0 aliphatic carbocycles. The van der Waals surface area contributed by atoms with Crippen LogP contribution in [-0.4, -0.2) is 123 Å². The van der Waals surface area contributed by atoms with Crippen molar-refractivity contribution in [2.45, 2.75) is 32.5 Å². The Morgan fingerprint density at radius 2 is 1.57 bits per heavy atom. The molecule has 316 valence electrons. The number of rotatable bonds is 11. The quantitative estimate of drug-likeness (QED) is 0.170. The van der Waals surface area contributed by atoms with E-state index in [1.165, 1.54) is 14.9 Å². The summed E-state index contributed by atoms with van der Waals surface area (Å²) in [5.41, 5.74) is 7.27. The molecule has 0 spiro atoms. The molecule has 3 aliphatic heterocycles. The van der Waals surface area contributed by atoms with Crippen LogP contribution in [0.15, 0.2) is 79.1 Å². The molecule has 2 aromatic heterocycles. The lowest BCUT2D eigenvalue weighted by Crippen LogP contribution is -2.52. The summed E-state index contributed by atoms with van der Waals surface area (Å²) in [4.78, 5) is 46.7. The van der Waals surface area contributed by atoms with Crippen LogP contribution in [0.5, 0.6) is 11.5 Å². The van der Waals surface area contributed by atoms with Gasteiger partial charge in [-0.3, -0.25) is 28.6 Å². The Labute approximate surface area is 350 Å². The topological polar surface area (TPSA) is 138 Å². The average Bonchev–Trinajstić information content (AvgIpc) is 3.81. The highest BCUT2D eigenvalue weighted by Gasteiger charge is 2.35. The fraction of sp³-hybridized carbons (Fsp3) is 0.386. The minimum absolute atomic E-state index is 0.0696. The largest absolute Gasteiger partial charge is 0.486 e. The first-order valence-electron chi connectivity index (χ1n) is 20.2. The first-order valence-corrected chi connectivity index (χ1v) is 21.8. The van der Waals surface area contributed by atoms with E-state index in [0.717, 1.165) is 37.2 Å². The van der Waals surface area contributed by atoms with Gasteiger partial charge in [-0.1, -0.05) is 36.4 Å². The number of benzene rings is 3. The molecule has 1 unspecified atom stereocenters. The van der Waals surface area contributed by atoms with Gasteiger partial charge in [0, 0.05) is 81.7 Å². The minimum Gasteiger partial charge on any atom is -0.486 e. The third kappa shape index (κ3) is 8.13. The lowest BCUT2D eigenvalue weighted by Gasteiger charge is -2.40. The van der Waals surface area contributed by atoms with E-state index in [9.17, 15) is 14.3 Å². The zero-order valence-corrected chi connectivity index (χ0v) is 36.0. The Kier molecular flexibility index (Phi) is 11.7. The van der Waals surface area contributed by atoms with Crippen LogP contribution >= 0.6 is 7.67 Å². The van der Waals surface area contributed by atoms with Crippen LogP contribution in [0.4, 0.5) is 11.4 Å². The number of aromatic nitrogens is 3. The fourth-order valence-electron chi connectivity index (χ4n) is 8.32. The molecule has 15 nitrogen and oxygen atoms in total. The highest BCUT2D eigenvalue weighted by atomic mass is 31.2. The number of amides is 2. The Bertz CT molecular complexity index is 2440. The van der Waals surface area contributed by atoms with Crippen molar-refractivity contribution in [2.75, 3.05) is 72.1 Å². The summed E-state index contributed by atoms with van der Waals surface area (Å²) in [7, 11) is 4.74. The highest BCUT2D eigenvalue weighted by Crippen LogP contribution is 2.46. The lowest BCUT2D eigenvalue weighted by molar-refractivity contribution is 0.0193. The Hall–Kier alpha value is -5.28. The second-order valence-corrected chi connectivity index (χ2v) is 18.5. The van der Waals surface area contributed by atoms with Crippen molar-refractivity contribution in [3.8, 4) is 22.8 Å². The third-order valence-corrected chi connectivity index (χ3v) is 13.9. The molecule has 3 aromatic carbocycles. The lowest BCUT2D eigenvalue weighted by atomic mass is 9.92. The van der Waals surface area contributed by atoms with Crippen molar-refractivity contribution in [1.82, 2.24) is 33.5 Å². The van der Waals surface area contributed by atoms with Gasteiger partial charge in [0.05, 0.1) is 36.2 Å². The molecule has 0 bridgehead atoms. The smallest absolute Gasteiger partial charge is 0.343 e. The number of fused-ring (bicyclic) bond motifs is 2. The average molecular weight is 837 g/mol. The van der Waals surface area contributed by atoms with Gasteiger partial charge in [-0.25, -0.2) is 9.34 Å². The Morgan fingerprint density at radius 3 is 2.23 bits per heavy atom. The minimum atomic E-state index is -3.69. The van der Waals surface area contributed by atoms with Crippen molar-refractivity contribution in [3.63, 3.8) is 0 Å². The van der Waals surface area contributed by atoms with Crippen LogP contribution in [0.3, 0.4) is 0 Å². The van der Waals surface area contributed by atoms with E-state index in [0.29, 0.717) is 83.9 Å². The van der Waals surface area contributed by atoms with Crippen molar-refractivity contribution in [1.29, 1.82) is 0 Å². The molecule has 16 heteroatoms. The molecule has 8 rings (SSSR count). The fourth-order valence-corrected chi connectivity index (χ4v) is 9.27. The summed E-state index contributed by atoms with van der Waals surface area (Å²) in [6.45, 7) is 7.05. The van der Waals surface area contributed by atoms with Crippen molar-refractivity contribution in [2.24, 2.45) is 14.1 Å². The van der Waals surface area contributed by atoms with Gasteiger partial charge in [-0.2, -0.15) is 5.10 Å². The first-order chi connectivity index (χ1) is 28.8. The molecule has 2 amide bonds. The van der Waals surface area contributed by atoms with E-state index in [1.54, 1.807) is 56.2 Å². The molecule has 60 heavy (non-hydrogen) atoms. The van der Waals surface area contributed by atoms with E-state index in [1.807, 2.05) is 65.9 Å². The van der Waals surface area contributed by atoms with Gasteiger partial charge in [0.15, 0.2) is 11.5 Å². The van der Waals surface area contributed by atoms with Gasteiger partial charge in [-0.15, -0.1) is 0 Å². The predicted molar refractivity (Wildman–Crippen MR) is 229 cm³/mol. The van der Waals surface area contributed by atoms with E-state index >= 15 is 4.79 Å². The van der Waals surface area contributed by atoms with Gasteiger partial charge < -0.3 is 28.6 Å². The molecular weight excluding hydrogens is 784 g/mol. The Balaban J connectivity index is 1.17. The molecule has 2 atom stereocenters. The summed E-state index contributed by atoms with van der Waals surface area (Å²) in [5.74, 6) is 0.647. The maximum Gasteiger partial charge on any atom is 0.343 e. The number of aryl methyl sites for hydroxylation is 1. The SMILES string of the molecule is Cc1c(C(=O)N(c2ccc(CN(C)P(=O)(O)N(C)C)cc2)c2cnn(C)c2)cc(-c2cc3c(cc2C(=O)N2Cc4ccccc4C[C@H]2CN2CCOCC2)OCCO3)n1C. The van der Waals surface area contributed by atoms with Gasteiger partial charge >= 0.3 is 7.67 Å². The standard InChI is InChI=1S/C44H53N8O7P/c1-30-37(44(54)52(36-25-45-47(4)28-36)34-13-11-31(12-14-34)26-48(5)60(55,56)46(2)3)22-40(49(30)6)38-23-41-42(59-20-19-58-41)24-39(38)43(53)51-27-33-10-8-7-9-32(33)21-35(51)29-50-15-17-57-18-16-50/h7-14,22-25,28,35H,15-21,26-27,29H2,1-6H3,(H,55,56)/t35-/m0/s1.